The van der Waals surface area contributed by atoms with Crippen molar-refractivity contribution in [3.63, 3.8) is 0 Å². The van der Waals surface area contributed by atoms with Gasteiger partial charge >= 0.3 is 5.97 Å². The Kier molecular flexibility index (Phi) is 5.60. The summed E-state index contributed by atoms with van der Waals surface area (Å²) in [5, 5.41) is 11.5. The highest BCUT2D eigenvalue weighted by molar-refractivity contribution is 5.97. The molecular formula is C19H21N3O3. The second-order valence-electron chi connectivity index (χ2n) is 5.76. The molecule has 0 saturated heterocycles. The van der Waals surface area contributed by atoms with E-state index in [1.807, 2.05) is 31.4 Å². The summed E-state index contributed by atoms with van der Waals surface area (Å²) in [6.07, 6.45) is -0.956. The van der Waals surface area contributed by atoms with Crippen molar-refractivity contribution in [2.75, 3.05) is 5.32 Å². The lowest BCUT2D eigenvalue weighted by atomic mass is 10.2. The third-order valence-corrected chi connectivity index (χ3v) is 4.02. The molecule has 0 aliphatic carbocycles. The molecule has 0 bridgehead atoms. The first-order valence-corrected chi connectivity index (χ1v) is 8.06. The number of esters is 1. The molecule has 1 atom stereocenters. The maximum Gasteiger partial charge on any atom is 0.340 e. The van der Waals surface area contributed by atoms with E-state index in [-0.39, 0.29) is 0 Å². The molecule has 1 aromatic carbocycles. The third kappa shape index (κ3) is 4.07. The van der Waals surface area contributed by atoms with Gasteiger partial charge in [0, 0.05) is 23.6 Å². The van der Waals surface area contributed by atoms with Gasteiger partial charge in [-0.3, -0.25) is 4.79 Å². The van der Waals surface area contributed by atoms with Crippen LogP contribution in [-0.4, -0.2) is 22.5 Å². The second-order valence-corrected chi connectivity index (χ2v) is 5.76. The fourth-order valence-corrected chi connectivity index (χ4v) is 2.68. The van der Waals surface area contributed by atoms with Crippen LogP contribution >= 0.6 is 0 Å². The maximum absolute atomic E-state index is 12.4. The van der Waals surface area contributed by atoms with Crippen molar-refractivity contribution in [3.05, 3.63) is 52.8 Å². The number of amides is 1. The van der Waals surface area contributed by atoms with Crippen molar-refractivity contribution in [1.29, 1.82) is 5.26 Å². The average molecular weight is 339 g/mol. The largest absolute Gasteiger partial charge is 0.449 e. The Morgan fingerprint density at radius 2 is 2.04 bits per heavy atom. The maximum atomic E-state index is 12.4. The summed E-state index contributed by atoms with van der Waals surface area (Å²) < 4.78 is 7.30. The van der Waals surface area contributed by atoms with Crippen molar-refractivity contribution in [2.45, 2.75) is 40.3 Å². The van der Waals surface area contributed by atoms with Crippen LogP contribution in [0, 0.1) is 25.2 Å². The van der Waals surface area contributed by atoms with Crippen LogP contribution in [0.25, 0.3) is 0 Å². The molecule has 1 heterocycles. The topological polar surface area (TPSA) is 84.1 Å². The Balaban J connectivity index is 2.05. The number of nitrogens with one attached hydrogen (secondary N) is 1. The number of carbonyl (C=O) groups is 2. The summed E-state index contributed by atoms with van der Waals surface area (Å²) >= 11 is 0. The number of nitrogens with zero attached hydrogens (tertiary/aromatic N) is 2. The first kappa shape index (κ1) is 18.3. The molecule has 25 heavy (non-hydrogen) atoms. The summed E-state index contributed by atoms with van der Waals surface area (Å²) in [7, 11) is 0. The molecule has 0 saturated carbocycles. The molecular weight excluding hydrogens is 318 g/mol. The van der Waals surface area contributed by atoms with Gasteiger partial charge in [-0.2, -0.15) is 5.26 Å². The molecule has 2 aromatic rings. The van der Waals surface area contributed by atoms with Gasteiger partial charge in [0.05, 0.1) is 17.2 Å². The van der Waals surface area contributed by atoms with Crippen LogP contribution in [0.1, 0.15) is 41.2 Å². The molecule has 0 unspecified atom stereocenters. The Labute approximate surface area is 147 Å². The van der Waals surface area contributed by atoms with Crippen molar-refractivity contribution in [3.8, 4) is 6.07 Å². The monoisotopic (exact) mass is 339 g/mol. The molecule has 0 aliphatic rings. The lowest BCUT2D eigenvalue weighted by molar-refractivity contribution is -0.123. The average Bonchev–Trinajstić information content (AvgIpc) is 2.88. The number of carbonyl (C=O) groups excluding carboxylic acids is 2. The van der Waals surface area contributed by atoms with Gasteiger partial charge in [-0.1, -0.05) is 6.07 Å². The van der Waals surface area contributed by atoms with Gasteiger partial charge in [-0.15, -0.1) is 0 Å². The van der Waals surface area contributed by atoms with Crippen LogP contribution in [0.15, 0.2) is 30.3 Å². The number of anilines is 1. The van der Waals surface area contributed by atoms with Crippen LogP contribution in [-0.2, 0) is 16.1 Å². The molecule has 6 heteroatoms. The van der Waals surface area contributed by atoms with E-state index in [9.17, 15) is 9.59 Å². The van der Waals surface area contributed by atoms with E-state index >= 15 is 0 Å². The predicted molar refractivity (Wildman–Crippen MR) is 94.2 cm³/mol. The smallest absolute Gasteiger partial charge is 0.340 e. The van der Waals surface area contributed by atoms with E-state index in [4.69, 9.17) is 10.00 Å². The van der Waals surface area contributed by atoms with Crippen LogP contribution in [0.4, 0.5) is 5.69 Å². The Hall–Kier alpha value is -3.07. The second kappa shape index (κ2) is 7.67. The molecule has 1 N–H and O–H groups in total. The minimum atomic E-state index is -0.956. The van der Waals surface area contributed by atoms with Crippen molar-refractivity contribution < 1.29 is 14.3 Å². The highest BCUT2D eigenvalue weighted by atomic mass is 16.5. The lowest BCUT2D eigenvalue weighted by Gasteiger charge is -2.14. The molecule has 0 aliphatic heterocycles. The summed E-state index contributed by atoms with van der Waals surface area (Å²) in [6, 6.07) is 10.3. The fourth-order valence-electron chi connectivity index (χ4n) is 2.68. The standard InChI is InChI=1S/C19H21N3O3/c1-5-22-12(2)9-17(13(22)3)19(24)25-14(4)18(23)21-16-8-6-7-15(10-16)11-20/h6-10,14H,5H2,1-4H3,(H,21,23)/t14-/m0/s1. The molecule has 0 radical (unpaired) electrons. The summed E-state index contributed by atoms with van der Waals surface area (Å²) in [4.78, 5) is 24.6. The summed E-state index contributed by atoms with van der Waals surface area (Å²) in [5.74, 6) is -0.978. The number of rotatable bonds is 5. The highest BCUT2D eigenvalue weighted by Gasteiger charge is 2.22. The number of aryl methyl sites for hydroxylation is 1. The molecule has 6 nitrogen and oxygen atoms in total. The van der Waals surface area contributed by atoms with E-state index in [0.717, 1.165) is 17.9 Å². The first-order chi connectivity index (χ1) is 11.9. The predicted octanol–water partition coefficient (Wildman–Crippen LogP) is 3.18. The first-order valence-electron chi connectivity index (χ1n) is 8.06. The number of benzene rings is 1. The van der Waals surface area contributed by atoms with Gasteiger partial charge in [0.25, 0.3) is 5.91 Å². The van der Waals surface area contributed by atoms with E-state index in [1.54, 1.807) is 30.3 Å². The van der Waals surface area contributed by atoms with E-state index in [0.29, 0.717) is 16.8 Å². The van der Waals surface area contributed by atoms with Gasteiger partial charge in [0.1, 0.15) is 0 Å². The van der Waals surface area contributed by atoms with Crippen molar-refractivity contribution in [1.82, 2.24) is 4.57 Å². The minimum Gasteiger partial charge on any atom is -0.449 e. The van der Waals surface area contributed by atoms with Crippen LogP contribution in [0.5, 0.6) is 0 Å². The van der Waals surface area contributed by atoms with Gasteiger partial charge in [0.15, 0.2) is 6.10 Å². The Morgan fingerprint density at radius 3 is 2.64 bits per heavy atom. The van der Waals surface area contributed by atoms with Crippen molar-refractivity contribution in [2.24, 2.45) is 0 Å². The van der Waals surface area contributed by atoms with E-state index in [1.165, 1.54) is 6.92 Å². The zero-order chi connectivity index (χ0) is 18.6. The Morgan fingerprint density at radius 1 is 1.32 bits per heavy atom. The van der Waals surface area contributed by atoms with Crippen LogP contribution < -0.4 is 5.32 Å². The minimum absolute atomic E-state index is 0.439. The lowest BCUT2D eigenvalue weighted by Crippen LogP contribution is -2.30. The normalized spacial score (nSPS) is 11.5. The quantitative estimate of drug-likeness (QED) is 0.848. The van der Waals surface area contributed by atoms with Crippen LogP contribution in [0.2, 0.25) is 0 Å². The van der Waals surface area contributed by atoms with Gasteiger partial charge < -0.3 is 14.6 Å². The van der Waals surface area contributed by atoms with E-state index < -0.39 is 18.0 Å². The third-order valence-electron chi connectivity index (χ3n) is 4.02. The Bertz CT molecular complexity index is 846. The van der Waals surface area contributed by atoms with Gasteiger partial charge in [-0.05, 0) is 52.0 Å². The number of hydrogen-bond donors (Lipinski definition) is 1. The molecule has 1 aromatic heterocycles. The summed E-state index contributed by atoms with van der Waals surface area (Å²) in [5.41, 5.74) is 3.17. The molecule has 0 fully saturated rings. The fraction of sp³-hybridized carbons (Fsp3) is 0.316. The summed E-state index contributed by atoms with van der Waals surface area (Å²) in [6.45, 7) is 8.05. The number of hydrogen-bond acceptors (Lipinski definition) is 4. The zero-order valence-corrected chi connectivity index (χ0v) is 14.8. The number of ether oxygens (including phenoxy) is 1. The van der Waals surface area contributed by atoms with Gasteiger partial charge in [0.2, 0.25) is 0 Å². The molecule has 2 rings (SSSR count). The number of aromatic nitrogens is 1. The van der Waals surface area contributed by atoms with Crippen molar-refractivity contribution >= 4 is 17.6 Å². The zero-order valence-electron chi connectivity index (χ0n) is 14.8. The number of nitriles is 1. The van der Waals surface area contributed by atoms with Crippen LogP contribution in [0.3, 0.4) is 0 Å². The molecule has 1 amide bonds. The molecule has 130 valence electrons. The molecule has 0 spiro atoms. The van der Waals surface area contributed by atoms with E-state index in [2.05, 4.69) is 5.32 Å². The SMILES string of the molecule is CCn1c(C)cc(C(=O)O[C@@H](C)C(=O)Nc2cccc(C#N)c2)c1C. The van der Waals surface area contributed by atoms with Gasteiger partial charge in [-0.25, -0.2) is 4.79 Å². The highest BCUT2D eigenvalue weighted by Crippen LogP contribution is 2.17.